The maximum Gasteiger partial charge on any atom is 0.167 e. The fourth-order valence-corrected chi connectivity index (χ4v) is 10.1. The molecule has 1 nitrogen and oxygen atoms in total. The number of fused-ring (bicyclic) bond motifs is 13. The van der Waals surface area contributed by atoms with Crippen molar-refractivity contribution in [1.82, 2.24) is 0 Å². The molecule has 0 aliphatic heterocycles. The van der Waals surface area contributed by atoms with E-state index in [1.807, 2.05) is 13.8 Å². The second kappa shape index (κ2) is 12.9. The van der Waals surface area contributed by atoms with Crippen LogP contribution in [0.4, 0.5) is 0 Å². The molecule has 2 unspecified atom stereocenters. The first kappa shape index (κ1) is 33.3. The minimum absolute atomic E-state index is 0.175. The van der Waals surface area contributed by atoms with Gasteiger partial charge in [-0.15, -0.1) is 0 Å². The summed E-state index contributed by atoms with van der Waals surface area (Å²) in [4.78, 5) is 14.0. The van der Waals surface area contributed by atoms with Crippen molar-refractivity contribution < 1.29 is 4.79 Å². The van der Waals surface area contributed by atoms with Crippen molar-refractivity contribution in [2.45, 2.75) is 44.9 Å². The van der Waals surface area contributed by atoms with Crippen LogP contribution in [0, 0.1) is 6.92 Å². The molecule has 1 heteroatoms. The third-order valence-corrected chi connectivity index (χ3v) is 12.5. The van der Waals surface area contributed by atoms with Crippen molar-refractivity contribution >= 4 is 5.78 Å². The number of rotatable bonds is 3. The van der Waals surface area contributed by atoms with Crippen LogP contribution in [0.5, 0.6) is 0 Å². The predicted octanol–water partition coefficient (Wildman–Crippen LogP) is 13.7. The van der Waals surface area contributed by atoms with Crippen molar-refractivity contribution in [3.8, 4) is 55.6 Å². The molecule has 55 heavy (non-hydrogen) atoms. The molecule has 11 rings (SSSR count). The molecule has 4 aliphatic carbocycles. The molecule has 4 aliphatic rings. The van der Waals surface area contributed by atoms with Gasteiger partial charge in [-0.3, -0.25) is 4.79 Å². The Morgan fingerprint density at radius 3 is 1.93 bits per heavy atom. The molecule has 7 aromatic carbocycles. The first-order valence-corrected chi connectivity index (χ1v) is 19.8. The van der Waals surface area contributed by atoms with Crippen LogP contribution in [-0.4, -0.2) is 5.78 Å². The van der Waals surface area contributed by atoms with Gasteiger partial charge >= 0.3 is 0 Å². The van der Waals surface area contributed by atoms with Gasteiger partial charge in [-0.1, -0.05) is 172 Å². The number of carbonyl (C=O) groups excluding carboxylic acids is 1. The lowest BCUT2D eigenvalue weighted by atomic mass is 9.68. The Morgan fingerprint density at radius 1 is 0.509 bits per heavy atom. The molecule has 7 aromatic rings. The monoisotopic (exact) mass is 706 g/mol. The molecule has 0 bridgehead atoms. The lowest BCUT2D eigenvalue weighted by Crippen LogP contribution is -2.27. The molecule has 0 N–H and O–H groups in total. The molecular formula is C54H42O. The lowest BCUT2D eigenvalue weighted by Gasteiger charge is -2.33. The van der Waals surface area contributed by atoms with Crippen LogP contribution >= 0.6 is 0 Å². The average Bonchev–Trinajstić information content (AvgIpc) is 3.71. The maximum atomic E-state index is 14.0. The summed E-state index contributed by atoms with van der Waals surface area (Å²) in [5.74, 6) is 0.555. The molecular weight excluding hydrogens is 665 g/mol. The molecule has 264 valence electrons. The van der Waals surface area contributed by atoms with E-state index in [0.29, 0.717) is 12.3 Å². The highest BCUT2D eigenvalue weighted by molar-refractivity contribution is 6.09. The van der Waals surface area contributed by atoms with E-state index in [1.165, 1.54) is 61.2 Å². The summed E-state index contributed by atoms with van der Waals surface area (Å²) in [6.07, 6.45) is 8.39. The van der Waals surface area contributed by atoms with Gasteiger partial charge in [0.05, 0.1) is 5.41 Å². The van der Waals surface area contributed by atoms with E-state index in [0.717, 1.165) is 45.4 Å². The van der Waals surface area contributed by atoms with Crippen molar-refractivity contribution in [2.24, 2.45) is 0 Å². The van der Waals surface area contributed by atoms with Crippen molar-refractivity contribution in [1.29, 1.82) is 0 Å². The Kier molecular flexibility index (Phi) is 7.82. The Labute approximate surface area is 324 Å². The normalized spacial score (nSPS) is 17.9. The van der Waals surface area contributed by atoms with Crippen LogP contribution < -0.4 is 0 Å². The molecule has 1 spiro atoms. The maximum absolute atomic E-state index is 14.0. The molecule has 2 atom stereocenters. The van der Waals surface area contributed by atoms with E-state index >= 15 is 0 Å². The van der Waals surface area contributed by atoms with Crippen molar-refractivity contribution in [2.75, 3.05) is 0 Å². The van der Waals surface area contributed by atoms with E-state index in [1.54, 1.807) is 0 Å². The van der Waals surface area contributed by atoms with Gasteiger partial charge in [-0.05, 0) is 120 Å². The van der Waals surface area contributed by atoms with Gasteiger partial charge < -0.3 is 0 Å². The molecule has 0 amide bonds. The molecule has 0 radical (unpaired) electrons. The number of hydrogen-bond acceptors (Lipinski definition) is 1. The van der Waals surface area contributed by atoms with E-state index in [2.05, 4.69) is 177 Å². The third kappa shape index (κ3) is 4.82. The fourth-order valence-electron chi connectivity index (χ4n) is 10.1. The van der Waals surface area contributed by atoms with Gasteiger partial charge in [0.2, 0.25) is 0 Å². The standard InChI is InChI=1S/C52H36O.C2H6/c1-32-12-2-3-13-37(32)40-15-5-4-14-38(40)35-24-26-41-39-25-22-33(28-36(39)31-51(53)46(41)29-35)34-23-27-45-44-18-8-11-21-49(44)52(50(45)30-34)47-19-9-6-16-42(47)43-17-7-10-20-48(43)52;1-2/h2-16,18-30,43H,17,31H2,1H3;1-2H3. The number of benzene rings is 7. The zero-order valence-corrected chi connectivity index (χ0v) is 31.6. The zero-order chi connectivity index (χ0) is 37.3. The Balaban J connectivity index is 0.00000183. The third-order valence-electron chi connectivity index (χ3n) is 12.5. The summed E-state index contributed by atoms with van der Waals surface area (Å²) in [5.41, 5.74) is 21.7. The SMILES string of the molecule is CC.Cc1ccccc1-c1ccccc1-c1ccc2c(c1)C(=O)Cc1cc(-c3ccc4c(c3)C3(C5=CC=CCC5c5ccccc53)c3ccccc3-4)ccc1-2. The summed E-state index contributed by atoms with van der Waals surface area (Å²) in [5, 5.41) is 0. The topological polar surface area (TPSA) is 17.1 Å². The number of aryl methyl sites for hydroxylation is 1. The van der Waals surface area contributed by atoms with E-state index in [9.17, 15) is 4.79 Å². The first-order valence-electron chi connectivity index (χ1n) is 19.8. The van der Waals surface area contributed by atoms with Crippen LogP contribution in [-0.2, 0) is 11.8 Å². The number of allylic oxidation sites excluding steroid dienone is 4. The molecule has 0 saturated heterocycles. The van der Waals surface area contributed by atoms with Gasteiger partial charge in [0, 0.05) is 17.9 Å². The highest BCUT2D eigenvalue weighted by atomic mass is 16.1. The summed E-state index contributed by atoms with van der Waals surface area (Å²) in [7, 11) is 0. The minimum Gasteiger partial charge on any atom is -0.294 e. The van der Waals surface area contributed by atoms with Gasteiger partial charge in [0.15, 0.2) is 5.78 Å². The van der Waals surface area contributed by atoms with Crippen LogP contribution in [0.1, 0.15) is 69.9 Å². The lowest BCUT2D eigenvalue weighted by molar-refractivity contribution is 0.0992. The summed E-state index contributed by atoms with van der Waals surface area (Å²) in [6, 6.07) is 55.5. The minimum atomic E-state index is -0.313. The highest BCUT2D eigenvalue weighted by Gasteiger charge is 2.54. The smallest absolute Gasteiger partial charge is 0.167 e. The molecule has 0 fully saturated rings. The van der Waals surface area contributed by atoms with Gasteiger partial charge in [0.1, 0.15) is 0 Å². The predicted molar refractivity (Wildman–Crippen MR) is 229 cm³/mol. The number of Topliss-reactive ketones (excluding diaryl/α,β-unsaturated/α-hetero) is 1. The first-order chi connectivity index (χ1) is 27.1. The summed E-state index contributed by atoms with van der Waals surface area (Å²) in [6.45, 7) is 6.16. The Hall–Kier alpha value is -6.31. The molecule has 0 heterocycles. The highest BCUT2D eigenvalue weighted by Crippen LogP contribution is 2.65. The summed E-state index contributed by atoms with van der Waals surface area (Å²) < 4.78 is 0. The largest absolute Gasteiger partial charge is 0.294 e. The van der Waals surface area contributed by atoms with Gasteiger partial charge in [-0.2, -0.15) is 0 Å². The van der Waals surface area contributed by atoms with Crippen LogP contribution in [0.3, 0.4) is 0 Å². The Morgan fingerprint density at radius 2 is 1.11 bits per heavy atom. The summed E-state index contributed by atoms with van der Waals surface area (Å²) >= 11 is 0. The van der Waals surface area contributed by atoms with Crippen molar-refractivity contribution in [3.05, 3.63) is 214 Å². The number of ketones is 1. The van der Waals surface area contributed by atoms with E-state index in [-0.39, 0.29) is 11.2 Å². The fraction of sp³-hybridized carbons (Fsp3) is 0.130. The average molecular weight is 707 g/mol. The molecule has 0 aromatic heterocycles. The van der Waals surface area contributed by atoms with Crippen LogP contribution in [0.15, 0.2) is 175 Å². The molecule has 0 saturated carbocycles. The second-order valence-corrected chi connectivity index (χ2v) is 15.1. The van der Waals surface area contributed by atoms with Crippen LogP contribution in [0.25, 0.3) is 55.6 Å². The number of hydrogen-bond donors (Lipinski definition) is 0. The Bertz CT molecular complexity index is 2770. The van der Waals surface area contributed by atoms with Gasteiger partial charge in [-0.25, -0.2) is 0 Å². The number of carbonyl (C=O) groups is 1. The van der Waals surface area contributed by atoms with Crippen molar-refractivity contribution in [3.63, 3.8) is 0 Å². The second-order valence-electron chi connectivity index (χ2n) is 15.1. The zero-order valence-electron chi connectivity index (χ0n) is 31.6. The van der Waals surface area contributed by atoms with E-state index < -0.39 is 0 Å². The van der Waals surface area contributed by atoms with Gasteiger partial charge in [0.25, 0.3) is 0 Å². The quantitative estimate of drug-likeness (QED) is 0.179. The van der Waals surface area contributed by atoms with E-state index in [4.69, 9.17) is 0 Å². The van der Waals surface area contributed by atoms with Crippen LogP contribution in [0.2, 0.25) is 0 Å².